The van der Waals surface area contributed by atoms with E-state index in [0.717, 1.165) is 48.7 Å². The van der Waals surface area contributed by atoms with Gasteiger partial charge in [-0.2, -0.15) is 0 Å². The quantitative estimate of drug-likeness (QED) is 0.799. The normalized spacial score (nSPS) is 18.9. The summed E-state index contributed by atoms with van der Waals surface area (Å²) in [6, 6.07) is 13.9. The zero-order valence-corrected chi connectivity index (χ0v) is 16.9. The van der Waals surface area contributed by atoms with Crippen LogP contribution in [0.4, 0.5) is 5.69 Å². The summed E-state index contributed by atoms with van der Waals surface area (Å²) in [5, 5.41) is 2.99. The predicted octanol–water partition coefficient (Wildman–Crippen LogP) is 4.02. The first-order valence-electron chi connectivity index (χ1n) is 10.4. The van der Waals surface area contributed by atoms with Gasteiger partial charge in [0.25, 0.3) is 0 Å². The Labute approximate surface area is 171 Å². The Bertz CT molecular complexity index is 837. The third-order valence-corrected chi connectivity index (χ3v) is 5.32. The molecule has 1 amide bonds. The van der Waals surface area contributed by atoms with Crippen molar-refractivity contribution in [1.82, 2.24) is 4.90 Å². The Morgan fingerprint density at radius 1 is 1.10 bits per heavy atom. The molecule has 29 heavy (non-hydrogen) atoms. The summed E-state index contributed by atoms with van der Waals surface area (Å²) in [5.74, 6) is 2.42. The SMILES string of the molecule is CCOc1ccc(NC(=O)CN2CCCC2c2ccc3c(c2)OCCCO3)cc1. The monoisotopic (exact) mass is 396 g/mol. The first-order chi connectivity index (χ1) is 14.2. The fourth-order valence-corrected chi connectivity index (χ4v) is 3.97. The zero-order valence-electron chi connectivity index (χ0n) is 16.9. The van der Waals surface area contributed by atoms with E-state index in [1.165, 1.54) is 5.56 Å². The Morgan fingerprint density at radius 3 is 2.69 bits per heavy atom. The van der Waals surface area contributed by atoms with Crippen molar-refractivity contribution in [3.8, 4) is 17.2 Å². The molecule has 2 aromatic rings. The highest BCUT2D eigenvalue weighted by molar-refractivity contribution is 5.92. The van der Waals surface area contributed by atoms with Gasteiger partial charge in [0.2, 0.25) is 5.91 Å². The summed E-state index contributed by atoms with van der Waals surface area (Å²) < 4.78 is 17.0. The number of nitrogens with zero attached hydrogens (tertiary/aromatic N) is 1. The van der Waals surface area contributed by atoms with E-state index in [-0.39, 0.29) is 11.9 Å². The van der Waals surface area contributed by atoms with Crippen molar-refractivity contribution in [2.24, 2.45) is 0 Å². The zero-order chi connectivity index (χ0) is 20.1. The third-order valence-electron chi connectivity index (χ3n) is 5.32. The standard InChI is InChI=1S/C23H28N2O4/c1-2-27-19-9-7-18(8-10-19)24-23(26)16-25-12-3-5-20(25)17-6-11-21-22(15-17)29-14-4-13-28-21/h6-11,15,20H,2-5,12-14,16H2,1H3,(H,24,26). The van der Waals surface area contributed by atoms with Crippen molar-refractivity contribution < 1.29 is 19.0 Å². The van der Waals surface area contributed by atoms with Crippen LogP contribution in [0.15, 0.2) is 42.5 Å². The van der Waals surface area contributed by atoms with Gasteiger partial charge in [0.15, 0.2) is 11.5 Å². The Morgan fingerprint density at radius 2 is 1.90 bits per heavy atom. The summed E-state index contributed by atoms with van der Waals surface area (Å²) in [5.41, 5.74) is 1.96. The molecule has 6 nitrogen and oxygen atoms in total. The molecule has 0 aliphatic carbocycles. The first kappa shape index (κ1) is 19.6. The van der Waals surface area contributed by atoms with Crippen LogP contribution in [0, 0.1) is 0 Å². The van der Waals surface area contributed by atoms with Gasteiger partial charge in [-0.1, -0.05) is 6.07 Å². The van der Waals surface area contributed by atoms with E-state index in [4.69, 9.17) is 14.2 Å². The molecule has 1 N–H and O–H groups in total. The molecule has 0 bridgehead atoms. The van der Waals surface area contributed by atoms with Gasteiger partial charge in [0, 0.05) is 18.2 Å². The van der Waals surface area contributed by atoms with Gasteiger partial charge in [0.05, 0.1) is 26.4 Å². The van der Waals surface area contributed by atoms with Gasteiger partial charge in [-0.25, -0.2) is 0 Å². The first-order valence-corrected chi connectivity index (χ1v) is 10.4. The second kappa shape index (κ2) is 9.18. The maximum absolute atomic E-state index is 12.6. The Balaban J connectivity index is 1.39. The number of benzene rings is 2. The molecule has 2 aliphatic heterocycles. The van der Waals surface area contributed by atoms with Crippen molar-refractivity contribution in [2.75, 3.05) is 38.2 Å². The average Bonchev–Trinajstić information content (AvgIpc) is 3.04. The molecule has 0 spiro atoms. The summed E-state index contributed by atoms with van der Waals surface area (Å²) >= 11 is 0. The van der Waals surface area contributed by atoms with E-state index in [1.807, 2.05) is 37.3 Å². The number of likely N-dealkylation sites (tertiary alicyclic amines) is 1. The van der Waals surface area contributed by atoms with Gasteiger partial charge in [0.1, 0.15) is 5.75 Å². The maximum Gasteiger partial charge on any atom is 0.238 e. The summed E-state index contributed by atoms with van der Waals surface area (Å²) in [7, 11) is 0. The van der Waals surface area contributed by atoms with Gasteiger partial charge < -0.3 is 19.5 Å². The van der Waals surface area contributed by atoms with E-state index in [9.17, 15) is 4.79 Å². The largest absolute Gasteiger partial charge is 0.494 e. The minimum atomic E-state index is -0.00426. The van der Waals surface area contributed by atoms with Gasteiger partial charge in [-0.3, -0.25) is 9.69 Å². The number of fused-ring (bicyclic) bond motifs is 1. The molecule has 0 aromatic heterocycles. The molecule has 6 heteroatoms. The molecule has 1 fully saturated rings. The Kier molecular flexibility index (Phi) is 6.20. The molecule has 0 saturated carbocycles. The number of nitrogens with one attached hydrogen (secondary N) is 1. The van der Waals surface area contributed by atoms with Crippen molar-refractivity contribution in [3.63, 3.8) is 0 Å². The van der Waals surface area contributed by atoms with Gasteiger partial charge in [-0.15, -0.1) is 0 Å². The van der Waals surface area contributed by atoms with Crippen molar-refractivity contribution in [3.05, 3.63) is 48.0 Å². The Hall–Kier alpha value is -2.73. The fraction of sp³-hybridized carbons (Fsp3) is 0.435. The molecule has 0 radical (unpaired) electrons. The highest BCUT2D eigenvalue weighted by Gasteiger charge is 2.28. The van der Waals surface area contributed by atoms with Crippen LogP contribution in [-0.4, -0.2) is 43.7 Å². The van der Waals surface area contributed by atoms with E-state index < -0.39 is 0 Å². The number of hydrogen-bond donors (Lipinski definition) is 1. The molecule has 1 atom stereocenters. The lowest BCUT2D eigenvalue weighted by Crippen LogP contribution is -2.32. The van der Waals surface area contributed by atoms with E-state index in [1.54, 1.807) is 0 Å². The minimum absolute atomic E-state index is 0.00426. The van der Waals surface area contributed by atoms with E-state index >= 15 is 0 Å². The fourth-order valence-electron chi connectivity index (χ4n) is 3.97. The highest BCUT2D eigenvalue weighted by Crippen LogP contribution is 2.37. The molecule has 2 aliphatic rings. The van der Waals surface area contributed by atoms with Gasteiger partial charge >= 0.3 is 0 Å². The lowest BCUT2D eigenvalue weighted by molar-refractivity contribution is -0.117. The van der Waals surface area contributed by atoms with Crippen LogP contribution in [0.1, 0.15) is 37.8 Å². The number of rotatable bonds is 6. The van der Waals surface area contributed by atoms with Crippen LogP contribution >= 0.6 is 0 Å². The predicted molar refractivity (Wildman–Crippen MR) is 112 cm³/mol. The minimum Gasteiger partial charge on any atom is -0.494 e. The second-order valence-electron chi connectivity index (χ2n) is 7.39. The van der Waals surface area contributed by atoms with Crippen molar-refractivity contribution in [2.45, 2.75) is 32.2 Å². The molecule has 1 saturated heterocycles. The molecular weight excluding hydrogens is 368 g/mol. The van der Waals surface area contributed by atoms with Crippen molar-refractivity contribution >= 4 is 11.6 Å². The molecule has 2 aromatic carbocycles. The third kappa shape index (κ3) is 4.82. The molecule has 4 rings (SSSR count). The smallest absolute Gasteiger partial charge is 0.238 e. The maximum atomic E-state index is 12.6. The van der Waals surface area contributed by atoms with Crippen LogP contribution in [0.3, 0.4) is 0 Å². The average molecular weight is 396 g/mol. The summed E-state index contributed by atoms with van der Waals surface area (Å²) in [6.45, 7) is 5.22. The van der Waals surface area contributed by atoms with Crippen LogP contribution in [-0.2, 0) is 4.79 Å². The molecule has 154 valence electrons. The summed E-state index contributed by atoms with van der Waals surface area (Å²) in [6.07, 6.45) is 3.01. The van der Waals surface area contributed by atoms with E-state index in [2.05, 4.69) is 22.3 Å². The molecular formula is C23H28N2O4. The second-order valence-corrected chi connectivity index (χ2v) is 7.39. The lowest BCUT2D eigenvalue weighted by Gasteiger charge is -2.25. The molecule has 1 unspecified atom stereocenters. The van der Waals surface area contributed by atoms with Crippen LogP contribution in [0.2, 0.25) is 0 Å². The number of hydrogen-bond acceptors (Lipinski definition) is 5. The number of carbonyl (C=O) groups is 1. The van der Waals surface area contributed by atoms with Gasteiger partial charge in [-0.05, 0) is 68.3 Å². The molecule has 2 heterocycles. The van der Waals surface area contributed by atoms with E-state index in [0.29, 0.717) is 26.4 Å². The van der Waals surface area contributed by atoms with Crippen LogP contribution in [0.25, 0.3) is 0 Å². The topological polar surface area (TPSA) is 60.0 Å². The number of anilines is 1. The van der Waals surface area contributed by atoms with Crippen LogP contribution < -0.4 is 19.5 Å². The van der Waals surface area contributed by atoms with Crippen molar-refractivity contribution in [1.29, 1.82) is 0 Å². The number of carbonyl (C=O) groups excluding carboxylic acids is 1. The van der Waals surface area contributed by atoms with Crippen LogP contribution in [0.5, 0.6) is 17.2 Å². The summed E-state index contributed by atoms with van der Waals surface area (Å²) in [4.78, 5) is 14.8. The number of amides is 1. The highest BCUT2D eigenvalue weighted by atomic mass is 16.5. The lowest BCUT2D eigenvalue weighted by atomic mass is 10.0. The number of ether oxygens (including phenoxy) is 3.